The van der Waals surface area contributed by atoms with Crippen LogP contribution in [0.1, 0.15) is 10.4 Å². The van der Waals surface area contributed by atoms with Crippen molar-refractivity contribution in [1.82, 2.24) is 9.55 Å². The summed E-state index contributed by atoms with van der Waals surface area (Å²) in [7, 11) is 1.22. The number of amides is 1. The summed E-state index contributed by atoms with van der Waals surface area (Å²) in [5.74, 6) is -1.26. The average Bonchev–Trinajstić information content (AvgIpc) is 2.94. The van der Waals surface area contributed by atoms with E-state index in [1.807, 2.05) is 0 Å². The van der Waals surface area contributed by atoms with Crippen LogP contribution in [-0.2, 0) is 4.74 Å². The number of ether oxygens (including phenoxy) is 1. The molecule has 19 heavy (non-hydrogen) atoms. The van der Waals surface area contributed by atoms with E-state index in [-0.39, 0.29) is 11.3 Å². The first-order chi connectivity index (χ1) is 9.11. The van der Waals surface area contributed by atoms with E-state index in [1.165, 1.54) is 38.0 Å². The minimum absolute atomic E-state index is 0.110. The second-order valence-electron chi connectivity index (χ2n) is 3.59. The van der Waals surface area contributed by atoms with Crippen molar-refractivity contribution in [1.29, 1.82) is 0 Å². The number of hydrogen-bond acceptors (Lipinski definition) is 4. The molecular weight excluding hydrogens is 253 g/mol. The summed E-state index contributed by atoms with van der Waals surface area (Å²) >= 11 is 0. The van der Waals surface area contributed by atoms with E-state index in [4.69, 9.17) is 0 Å². The van der Waals surface area contributed by atoms with Crippen molar-refractivity contribution in [2.75, 3.05) is 12.4 Å². The minimum atomic E-state index is -0.652. The smallest absolute Gasteiger partial charge is 0.337 e. The van der Waals surface area contributed by atoms with Crippen LogP contribution in [0.4, 0.5) is 14.9 Å². The third-order valence-corrected chi connectivity index (χ3v) is 2.37. The second kappa shape index (κ2) is 5.30. The molecule has 98 valence electrons. The Kier molecular flexibility index (Phi) is 3.56. The molecular formula is C12H10FN3O3. The lowest BCUT2D eigenvalue weighted by Crippen LogP contribution is -2.19. The van der Waals surface area contributed by atoms with E-state index in [1.54, 1.807) is 0 Å². The van der Waals surface area contributed by atoms with Gasteiger partial charge in [-0.1, -0.05) is 0 Å². The van der Waals surface area contributed by atoms with Gasteiger partial charge in [-0.25, -0.2) is 19.0 Å². The molecule has 0 aliphatic heterocycles. The van der Waals surface area contributed by atoms with Crippen LogP contribution in [0.5, 0.6) is 0 Å². The zero-order valence-corrected chi connectivity index (χ0v) is 9.96. The van der Waals surface area contributed by atoms with Crippen LogP contribution in [0.15, 0.2) is 36.9 Å². The van der Waals surface area contributed by atoms with Gasteiger partial charge in [0.1, 0.15) is 12.1 Å². The lowest BCUT2D eigenvalue weighted by Gasteiger charge is -2.08. The maximum absolute atomic E-state index is 13.5. The number of methoxy groups -OCH3 is 1. The molecule has 0 saturated carbocycles. The minimum Gasteiger partial charge on any atom is -0.465 e. The molecule has 1 heterocycles. The highest BCUT2D eigenvalue weighted by atomic mass is 19.1. The maximum Gasteiger partial charge on any atom is 0.337 e. The van der Waals surface area contributed by atoms with Gasteiger partial charge in [-0.3, -0.25) is 4.57 Å². The number of benzene rings is 1. The molecule has 1 aromatic heterocycles. The summed E-state index contributed by atoms with van der Waals surface area (Å²) in [5, 5.41) is 2.33. The fraction of sp³-hybridized carbons (Fsp3) is 0.0833. The predicted molar refractivity (Wildman–Crippen MR) is 64.4 cm³/mol. The molecule has 6 nitrogen and oxygen atoms in total. The average molecular weight is 263 g/mol. The Morgan fingerprint density at radius 1 is 1.42 bits per heavy atom. The topological polar surface area (TPSA) is 73.2 Å². The van der Waals surface area contributed by atoms with E-state index in [0.717, 1.165) is 10.6 Å². The van der Waals surface area contributed by atoms with Gasteiger partial charge in [-0.05, 0) is 18.2 Å². The van der Waals surface area contributed by atoms with Crippen molar-refractivity contribution in [2.24, 2.45) is 0 Å². The van der Waals surface area contributed by atoms with Crippen LogP contribution >= 0.6 is 0 Å². The van der Waals surface area contributed by atoms with Gasteiger partial charge in [0.05, 0.1) is 18.4 Å². The number of aromatic nitrogens is 2. The molecule has 1 amide bonds. The van der Waals surface area contributed by atoms with Gasteiger partial charge < -0.3 is 10.1 Å². The quantitative estimate of drug-likeness (QED) is 0.840. The number of nitrogens with zero attached hydrogens (tertiary/aromatic N) is 2. The van der Waals surface area contributed by atoms with Gasteiger partial charge in [0.2, 0.25) is 0 Å². The number of anilines is 1. The maximum atomic E-state index is 13.5. The Bertz CT molecular complexity index is 611. The molecule has 0 atom stereocenters. The summed E-state index contributed by atoms with van der Waals surface area (Å²) < 4.78 is 19.2. The highest BCUT2D eigenvalue weighted by molar-refractivity contribution is 5.94. The first kappa shape index (κ1) is 12.7. The molecule has 2 rings (SSSR count). The number of imidazole rings is 1. The fourth-order valence-electron chi connectivity index (χ4n) is 1.42. The zero-order valence-electron chi connectivity index (χ0n) is 9.96. The molecule has 1 N–H and O–H groups in total. The Hall–Kier alpha value is -2.70. The molecule has 0 saturated heterocycles. The molecule has 0 bridgehead atoms. The number of carbonyl (C=O) groups is 2. The van der Waals surface area contributed by atoms with Crippen LogP contribution in [0.25, 0.3) is 0 Å². The summed E-state index contributed by atoms with van der Waals surface area (Å²) in [5.41, 5.74) is 0.0337. The van der Waals surface area contributed by atoms with E-state index in [9.17, 15) is 14.0 Å². The molecule has 0 radical (unpaired) electrons. The number of carbonyl (C=O) groups excluding carboxylic acids is 2. The number of rotatable bonds is 2. The molecule has 7 heteroatoms. The normalized spacial score (nSPS) is 10.0. The van der Waals surface area contributed by atoms with Gasteiger partial charge in [0, 0.05) is 12.4 Å². The summed E-state index contributed by atoms with van der Waals surface area (Å²) in [6, 6.07) is 2.97. The van der Waals surface area contributed by atoms with E-state index < -0.39 is 17.8 Å². The van der Waals surface area contributed by atoms with Crippen molar-refractivity contribution in [3.05, 3.63) is 48.3 Å². The molecule has 2 aromatic rings. The Balaban J connectivity index is 2.24. The predicted octanol–water partition coefficient (Wildman–Crippen LogP) is 1.89. The lowest BCUT2D eigenvalue weighted by atomic mass is 10.2. The Morgan fingerprint density at radius 2 is 2.21 bits per heavy atom. The molecule has 0 spiro atoms. The van der Waals surface area contributed by atoms with E-state index in [0.29, 0.717) is 0 Å². The number of hydrogen-bond donors (Lipinski definition) is 1. The standard InChI is InChI=1S/C12H10FN3O3/c1-19-11(17)8-2-3-9(13)10(6-8)15-12(18)16-5-4-14-7-16/h2-7H,1H3,(H,15,18). The third-order valence-electron chi connectivity index (χ3n) is 2.37. The van der Waals surface area contributed by atoms with Crippen LogP contribution in [0.3, 0.4) is 0 Å². The van der Waals surface area contributed by atoms with E-state index >= 15 is 0 Å². The molecule has 0 aliphatic rings. The number of esters is 1. The van der Waals surface area contributed by atoms with Crippen LogP contribution in [-0.4, -0.2) is 28.7 Å². The first-order valence-corrected chi connectivity index (χ1v) is 5.29. The third kappa shape index (κ3) is 2.76. The number of nitrogens with one attached hydrogen (secondary N) is 1. The monoisotopic (exact) mass is 263 g/mol. The van der Waals surface area contributed by atoms with Crippen molar-refractivity contribution < 1.29 is 18.7 Å². The van der Waals surface area contributed by atoms with Gasteiger partial charge >= 0.3 is 12.0 Å². The Labute approximate surface area is 107 Å². The molecule has 0 aliphatic carbocycles. The van der Waals surface area contributed by atoms with Crippen molar-refractivity contribution in [3.63, 3.8) is 0 Å². The second-order valence-corrected chi connectivity index (χ2v) is 3.59. The van der Waals surface area contributed by atoms with Gasteiger partial charge in [-0.2, -0.15) is 0 Å². The largest absolute Gasteiger partial charge is 0.465 e. The fourth-order valence-corrected chi connectivity index (χ4v) is 1.42. The van der Waals surface area contributed by atoms with Crippen LogP contribution in [0.2, 0.25) is 0 Å². The van der Waals surface area contributed by atoms with Crippen molar-refractivity contribution in [2.45, 2.75) is 0 Å². The Morgan fingerprint density at radius 3 is 2.84 bits per heavy atom. The first-order valence-electron chi connectivity index (χ1n) is 5.29. The molecule has 0 unspecified atom stereocenters. The van der Waals surface area contributed by atoms with Crippen molar-refractivity contribution >= 4 is 17.7 Å². The zero-order chi connectivity index (χ0) is 13.8. The number of halogens is 1. The van der Waals surface area contributed by atoms with Gasteiger partial charge in [0.25, 0.3) is 0 Å². The highest BCUT2D eigenvalue weighted by Gasteiger charge is 2.12. The van der Waals surface area contributed by atoms with Crippen molar-refractivity contribution in [3.8, 4) is 0 Å². The van der Waals surface area contributed by atoms with Crippen LogP contribution < -0.4 is 5.32 Å². The molecule has 1 aromatic carbocycles. The van der Waals surface area contributed by atoms with E-state index in [2.05, 4.69) is 15.0 Å². The lowest BCUT2D eigenvalue weighted by molar-refractivity contribution is 0.0600. The van der Waals surface area contributed by atoms with Crippen LogP contribution in [0, 0.1) is 5.82 Å². The SMILES string of the molecule is COC(=O)c1ccc(F)c(NC(=O)n2ccnc2)c1. The highest BCUT2D eigenvalue weighted by Crippen LogP contribution is 2.17. The summed E-state index contributed by atoms with van der Waals surface area (Å²) in [6.45, 7) is 0. The van der Waals surface area contributed by atoms with Gasteiger partial charge in [0.15, 0.2) is 0 Å². The summed E-state index contributed by atoms with van der Waals surface area (Å²) in [4.78, 5) is 26.7. The summed E-state index contributed by atoms with van der Waals surface area (Å²) in [6.07, 6.45) is 4.11. The van der Waals surface area contributed by atoms with Gasteiger partial charge in [-0.15, -0.1) is 0 Å². The molecule has 0 fully saturated rings.